The summed E-state index contributed by atoms with van der Waals surface area (Å²) in [5.74, 6) is -0.744. The van der Waals surface area contributed by atoms with E-state index >= 15 is 0 Å². The lowest BCUT2D eigenvalue weighted by Gasteiger charge is -2.26. The van der Waals surface area contributed by atoms with Crippen molar-refractivity contribution in [2.24, 2.45) is 0 Å². The van der Waals surface area contributed by atoms with Crippen LogP contribution in [-0.4, -0.2) is 63.6 Å². The van der Waals surface area contributed by atoms with Crippen LogP contribution in [0.1, 0.15) is 38.7 Å². The second kappa shape index (κ2) is 12.0. The lowest BCUT2D eigenvalue weighted by Crippen LogP contribution is -2.46. The van der Waals surface area contributed by atoms with Gasteiger partial charge in [0.1, 0.15) is 6.10 Å². The van der Waals surface area contributed by atoms with E-state index in [1.165, 1.54) is 4.31 Å². The number of hydrogen-bond donors (Lipinski definition) is 2. The Labute approximate surface area is 178 Å². The van der Waals surface area contributed by atoms with Crippen molar-refractivity contribution >= 4 is 21.8 Å². The Hall–Kier alpha value is -2.01. The van der Waals surface area contributed by atoms with Crippen LogP contribution in [0.25, 0.3) is 0 Å². The topological polar surface area (TPSA) is 114 Å². The summed E-state index contributed by atoms with van der Waals surface area (Å²) in [4.78, 5) is 24.0. The molecule has 1 aliphatic rings. The largest absolute Gasteiger partial charge is 0.379 e. The standard InChI is InChI=1S/C20H31N3O6S/c1-3-4-13-29-16(2)20(25)22-21-19(24)10-7-17-5-8-18(9-6-17)30(26,27)23-11-14-28-15-12-23/h5-6,8-9,16H,3-4,7,10-15H2,1-2H3,(H,21,24)(H,22,25). The first kappa shape index (κ1) is 24.3. The van der Waals surface area contributed by atoms with Gasteiger partial charge in [0.2, 0.25) is 15.9 Å². The molecule has 1 aromatic rings. The van der Waals surface area contributed by atoms with Crippen molar-refractivity contribution in [1.82, 2.24) is 15.2 Å². The van der Waals surface area contributed by atoms with Crippen LogP contribution in [0.2, 0.25) is 0 Å². The number of nitrogens with one attached hydrogen (secondary N) is 2. The molecule has 30 heavy (non-hydrogen) atoms. The van der Waals surface area contributed by atoms with Crippen molar-refractivity contribution < 1.29 is 27.5 Å². The molecule has 1 saturated heterocycles. The quantitative estimate of drug-likeness (QED) is 0.414. The number of carbonyl (C=O) groups is 2. The maximum atomic E-state index is 12.6. The van der Waals surface area contributed by atoms with Gasteiger partial charge in [0.05, 0.1) is 18.1 Å². The molecule has 0 spiro atoms. The lowest BCUT2D eigenvalue weighted by atomic mass is 10.1. The number of hydrogen-bond acceptors (Lipinski definition) is 6. The van der Waals surface area contributed by atoms with Gasteiger partial charge in [0.15, 0.2) is 0 Å². The van der Waals surface area contributed by atoms with Gasteiger partial charge < -0.3 is 9.47 Å². The summed E-state index contributed by atoms with van der Waals surface area (Å²) < 4.78 is 37.2. The molecule has 1 aliphatic heterocycles. The molecule has 9 nitrogen and oxygen atoms in total. The van der Waals surface area contributed by atoms with Gasteiger partial charge in [0, 0.05) is 26.1 Å². The summed E-state index contributed by atoms with van der Waals surface area (Å²) in [5.41, 5.74) is 5.55. The van der Waals surface area contributed by atoms with Gasteiger partial charge in [-0.3, -0.25) is 20.4 Å². The van der Waals surface area contributed by atoms with Gasteiger partial charge in [-0.1, -0.05) is 25.5 Å². The van der Waals surface area contributed by atoms with Crippen molar-refractivity contribution in [1.29, 1.82) is 0 Å². The van der Waals surface area contributed by atoms with Crippen LogP contribution in [-0.2, 0) is 35.5 Å². The number of aryl methyl sites for hydroxylation is 1. The Morgan fingerprint density at radius 2 is 1.83 bits per heavy atom. The zero-order chi connectivity index (χ0) is 22.0. The van der Waals surface area contributed by atoms with Gasteiger partial charge in [-0.05, 0) is 37.5 Å². The summed E-state index contributed by atoms with van der Waals surface area (Å²) in [6.07, 6.45) is 1.78. The summed E-state index contributed by atoms with van der Waals surface area (Å²) >= 11 is 0. The summed E-state index contributed by atoms with van der Waals surface area (Å²) in [7, 11) is -3.53. The van der Waals surface area contributed by atoms with Crippen molar-refractivity contribution in [3.05, 3.63) is 29.8 Å². The maximum absolute atomic E-state index is 12.6. The number of sulfonamides is 1. The van der Waals surface area contributed by atoms with Crippen molar-refractivity contribution in [2.45, 2.75) is 50.5 Å². The van der Waals surface area contributed by atoms with Crippen LogP contribution in [0.5, 0.6) is 0 Å². The molecular weight excluding hydrogens is 410 g/mol. The van der Waals surface area contributed by atoms with E-state index in [1.54, 1.807) is 31.2 Å². The molecule has 1 atom stereocenters. The molecule has 0 aliphatic carbocycles. The van der Waals surface area contributed by atoms with Gasteiger partial charge in [-0.15, -0.1) is 0 Å². The maximum Gasteiger partial charge on any atom is 0.267 e. The third-order valence-electron chi connectivity index (χ3n) is 4.73. The predicted octanol–water partition coefficient (Wildman–Crippen LogP) is 0.993. The smallest absolute Gasteiger partial charge is 0.267 e. The highest BCUT2D eigenvalue weighted by Crippen LogP contribution is 2.18. The molecule has 1 fully saturated rings. The molecule has 1 heterocycles. The SMILES string of the molecule is CCCCOC(C)C(=O)NNC(=O)CCc1ccc(S(=O)(=O)N2CCOCC2)cc1. The van der Waals surface area contributed by atoms with Crippen LogP contribution >= 0.6 is 0 Å². The van der Waals surface area contributed by atoms with E-state index in [0.717, 1.165) is 18.4 Å². The number of rotatable bonds is 10. The third-order valence-corrected chi connectivity index (χ3v) is 6.64. The normalized spacial score (nSPS) is 16.1. The summed E-state index contributed by atoms with van der Waals surface area (Å²) in [5, 5.41) is 0. The van der Waals surface area contributed by atoms with Gasteiger partial charge >= 0.3 is 0 Å². The highest BCUT2D eigenvalue weighted by atomic mass is 32.2. The molecule has 1 aromatic carbocycles. The molecular formula is C20H31N3O6S. The third kappa shape index (κ3) is 7.35. The number of benzene rings is 1. The minimum Gasteiger partial charge on any atom is -0.379 e. The second-order valence-corrected chi connectivity index (χ2v) is 9.00. The van der Waals surface area contributed by atoms with Gasteiger partial charge in [-0.2, -0.15) is 4.31 Å². The number of carbonyl (C=O) groups excluding carboxylic acids is 2. The first-order valence-electron chi connectivity index (χ1n) is 10.2. The minimum absolute atomic E-state index is 0.154. The number of hydrazine groups is 1. The first-order chi connectivity index (χ1) is 14.3. The molecule has 0 saturated carbocycles. The fourth-order valence-electron chi connectivity index (χ4n) is 2.80. The minimum atomic E-state index is -3.53. The van der Waals surface area contributed by atoms with E-state index in [0.29, 0.717) is 39.3 Å². The van der Waals surface area contributed by atoms with Crippen LogP contribution in [0.15, 0.2) is 29.2 Å². The molecule has 1 unspecified atom stereocenters. The number of unbranched alkanes of at least 4 members (excludes halogenated alkanes) is 1. The number of morpholine rings is 1. The Kier molecular flexibility index (Phi) is 9.70. The molecule has 2 N–H and O–H groups in total. The van der Waals surface area contributed by atoms with E-state index in [2.05, 4.69) is 10.9 Å². The van der Waals surface area contributed by atoms with Crippen molar-refractivity contribution in [2.75, 3.05) is 32.9 Å². The van der Waals surface area contributed by atoms with Crippen molar-refractivity contribution in [3.63, 3.8) is 0 Å². The average molecular weight is 442 g/mol. The van der Waals surface area contributed by atoms with E-state index in [1.807, 2.05) is 6.92 Å². The molecule has 2 rings (SSSR count). The monoisotopic (exact) mass is 441 g/mol. The van der Waals surface area contributed by atoms with E-state index in [9.17, 15) is 18.0 Å². The van der Waals surface area contributed by atoms with Gasteiger partial charge in [0.25, 0.3) is 5.91 Å². The average Bonchev–Trinajstić information content (AvgIpc) is 2.77. The van der Waals surface area contributed by atoms with Gasteiger partial charge in [-0.25, -0.2) is 8.42 Å². The Morgan fingerprint density at radius 1 is 1.17 bits per heavy atom. The fraction of sp³-hybridized carbons (Fsp3) is 0.600. The molecule has 168 valence electrons. The number of ether oxygens (including phenoxy) is 2. The Bertz CT molecular complexity index is 791. The fourth-order valence-corrected chi connectivity index (χ4v) is 4.21. The predicted molar refractivity (Wildman–Crippen MR) is 111 cm³/mol. The Morgan fingerprint density at radius 3 is 2.47 bits per heavy atom. The zero-order valence-corrected chi connectivity index (χ0v) is 18.4. The molecule has 0 aromatic heterocycles. The lowest BCUT2D eigenvalue weighted by molar-refractivity contribution is -0.136. The Balaban J connectivity index is 1.76. The van der Waals surface area contributed by atoms with Crippen LogP contribution < -0.4 is 10.9 Å². The van der Waals surface area contributed by atoms with E-state index < -0.39 is 22.0 Å². The number of nitrogens with zero attached hydrogens (tertiary/aromatic N) is 1. The first-order valence-corrected chi connectivity index (χ1v) is 11.7. The molecule has 10 heteroatoms. The molecule has 0 bridgehead atoms. The highest BCUT2D eigenvalue weighted by Gasteiger charge is 2.26. The highest BCUT2D eigenvalue weighted by molar-refractivity contribution is 7.89. The van der Waals surface area contributed by atoms with Crippen LogP contribution in [0.3, 0.4) is 0 Å². The van der Waals surface area contributed by atoms with Crippen LogP contribution in [0, 0.1) is 0 Å². The zero-order valence-electron chi connectivity index (χ0n) is 17.6. The van der Waals surface area contributed by atoms with E-state index in [-0.39, 0.29) is 17.2 Å². The number of amides is 2. The summed E-state index contributed by atoms with van der Waals surface area (Å²) in [6.45, 7) is 5.64. The van der Waals surface area contributed by atoms with E-state index in [4.69, 9.17) is 9.47 Å². The summed E-state index contributed by atoms with van der Waals surface area (Å²) in [6, 6.07) is 6.50. The molecule has 2 amide bonds. The second-order valence-electron chi connectivity index (χ2n) is 7.06. The molecule has 0 radical (unpaired) electrons. The van der Waals surface area contributed by atoms with Crippen molar-refractivity contribution in [3.8, 4) is 0 Å². The van der Waals surface area contributed by atoms with Crippen LogP contribution in [0.4, 0.5) is 0 Å².